The van der Waals surface area contributed by atoms with Crippen LogP contribution in [0.4, 0.5) is 11.4 Å². The van der Waals surface area contributed by atoms with E-state index < -0.39 is 0 Å². The molecule has 1 heterocycles. The maximum Gasteiger partial charge on any atom is -1.00 e. The van der Waals surface area contributed by atoms with Gasteiger partial charge in [-0.15, -0.1) is 0 Å². The van der Waals surface area contributed by atoms with Gasteiger partial charge in [-0.1, -0.05) is 35.3 Å². The molecule has 165 valence electrons. The number of pyridine rings is 1. The van der Waals surface area contributed by atoms with E-state index in [9.17, 15) is 0 Å². The molecule has 0 amide bonds. The normalized spacial score (nSPS) is 10.9. The van der Waals surface area contributed by atoms with Crippen molar-refractivity contribution >= 4 is 68.1 Å². The summed E-state index contributed by atoms with van der Waals surface area (Å²) in [5.41, 5.74) is 2.96. The van der Waals surface area contributed by atoms with Crippen LogP contribution in [-0.2, 0) is 16.0 Å². The summed E-state index contributed by atoms with van der Waals surface area (Å²) in [6.45, 7) is 3.69. The number of aromatic nitrogens is 1. The van der Waals surface area contributed by atoms with Gasteiger partial charge >= 0.3 is 89.7 Å². The largest absolute Gasteiger partial charge is 1.00 e. The molecule has 0 atom stereocenters. The third kappa shape index (κ3) is 9.69. The van der Waals surface area contributed by atoms with Gasteiger partial charge in [0.05, 0.1) is 10.0 Å². The second-order valence-electron chi connectivity index (χ2n) is 5.67. The Morgan fingerprint density at radius 2 is 1.19 bits per heavy atom. The van der Waals surface area contributed by atoms with E-state index >= 15 is 0 Å². The molecule has 0 radical (unpaired) electrons. The van der Waals surface area contributed by atoms with E-state index in [4.69, 9.17) is 46.4 Å². The predicted molar refractivity (Wildman–Crippen MR) is 122 cm³/mol. The summed E-state index contributed by atoms with van der Waals surface area (Å²) in [6.07, 6.45) is 3.48. The van der Waals surface area contributed by atoms with Crippen LogP contribution >= 0.6 is 46.4 Å². The zero-order valence-corrected chi connectivity index (χ0v) is 21.9. The van der Waals surface area contributed by atoms with Crippen molar-refractivity contribution in [2.75, 3.05) is 0 Å². The number of hydrogen-bond donors (Lipinski definition) is 0. The maximum atomic E-state index is 6.05. The van der Waals surface area contributed by atoms with E-state index in [2.05, 4.69) is 31.0 Å². The Balaban J connectivity index is 0.000000575. The van der Waals surface area contributed by atoms with Gasteiger partial charge in [-0.25, -0.2) is 4.99 Å². The van der Waals surface area contributed by atoms with Gasteiger partial charge < -0.3 is 24.8 Å². The fourth-order valence-corrected chi connectivity index (χ4v) is 3.24. The summed E-state index contributed by atoms with van der Waals surface area (Å²) in [7, 11) is 0. The van der Waals surface area contributed by atoms with Crippen molar-refractivity contribution in [1.82, 2.24) is 4.98 Å². The van der Waals surface area contributed by atoms with E-state index in [0.717, 1.165) is 11.3 Å². The Morgan fingerprint density at radius 3 is 1.58 bits per heavy atom. The molecule has 3 nitrogen and oxygen atoms in total. The average Bonchev–Trinajstić information content (AvgIpc) is 2.69. The number of hydrogen-bond acceptors (Lipinski definition) is 3. The SMILES string of the molecule is CC(=Nc1c(Cl)cccc1Cl)c1cccnc1.C[C]([Fe+2])=Nc1c(Cl)cccc1Cl.[Cl-].[Cl-]. The fourth-order valence-electron chi connectivity index (χ4n) is 2.15. The first-order valence-electron chi connectivity index (χ1n) is 8.33. The smallest absolute Gasteiger partial charge is 1.00 e. The number of halogens is 6. The molecule has 0 aliphatic rings. The molecular formula is C21H16Cl6FeN3. The van der Waals surface area contributed by atoms with Crippen molar-refractivity contribution in [3.8, 4) is 0 Å². The molecule has 3 rings (SSSR count). The molecule has 0 bridgehead atoms. The second-order valence-corrected chi connectivity index (χ2v) is 8.10. The standard InChI is InChI=1S/C13H10Cl2N2.C8H6Cl2N.2ClH.Fe/c1-9(10-4-3-7-16-8-10)17-13-11(14)5-2-6-12(13)15;1-2-11-8-6(9)4-3-5-7(8)10;;;/h2-8H,1H3;3-5H,1H3;2*1H;/q;;;;+2/p-2. The van der Waals surface area contributed by atoms with Gasteiger partial charge in [0.1, 0.15) is 5.69 Å². The van der Waals surface area contributed by atoms with Gasteiger partial charge in [0.25, 0.3) is 0 Å². The van der Waals surface area contributed by atoms with E-state index in [1.54, 1.807) is 55.7 Å². The Kier molecular flexibility index (Phi) is 14.7. The molecule has 0 N–H and O–H groups in total. The first-order valence-corrected chi connectivity index (χ1v) is 10.4. The fraction of sp³-hybridized carbons (Fsp3) is 0.0952. The minimum absolute atomic E-state index is 0. The molecule has 0 saturated heterocycles. The summed E-state index contributed by atoms with van der Waals surface area (Å²) in [4.78, 5) is 12.6. The molecule has 0 aliphatic carbocycles. The number of aliphatic imine (C=N–C) groups is 2. The Hall–Kier alpha value is -0.811. The number of nitrogens with zero attached hydrogens (tertiary/aromatic N) is 3. The zero-order chi connectivity index (χ0) is 21.4. The Bertz CT molecular complexity index is 998. The van der Waals surface area contributed by atoms with Crippen LogP contribution < -0.4 is 24.8 Å². The third-order valence-electron chi connectivity index (χ3n) is 3.50. The number of benzene rings is 2. The van der Waals surface area contributed by atoms with Crippen LogP contribution in [0, 0.1) is 0 Å². The zero-order valence-electron chi connectivity index (χ0n) is 16.2. The van der Waals surface area contributed by atoms with Crippen molar-refractivity contribution in [2.24, 2.45) is 9.98 Å². The van der Waals surface area contributed by atoms with E-state index in [1.807, 2.05) is 19.1 Å². The molecular weight excluding hydrogens is 563 g/mol. The average molecular weight is 579 g/mol. The first kappa shape index (κ1) is 30.2. The summed E-state index contributed by atoms with van der Waals surface area (Å²) in [5.74, 6) is 0. The summed E-state index contributed by atoms with van der Waals surface area (Å²) < 4.78 is 0.685. The minimum atomic E-state index is 0. The van der Waals surface area contributed by atoms with Crippen molar-refractivity contribution < 1.29 is 40.8 Å². The van der Waals surface area contributed by atoms with E-state index in [1.165, 1.54) is 0 Å². The molecule has 2 aromatic carbocycles. The molecule has 0 saturated carbocycles. The number of para-hydroxylation sites is 2. The van der Waals surface area contributed by atoms with Gasteiger partial charge in [0, 0.05) is 23.7 Å². The quantitative estimate of drug-likeness (QED) is 0.347. The molecule has 10 heteroatoms. The number of rotatable bonds is 3. The Labute approximate surface area is 222 Å². The van der Waals surface area contributed by atoms with Crippen molar-refractivity contribution in [3.63, 3.8) is 0 Å². The Morgan fingerprint density at radius 1 is 0.742 bits per heavy atom. The maximum absolute atomic E-state index is 6.05. The van der Waals surface area contributed by atoms with Crippen LogP contribution in [-0.4, -0.2) is 15.3 Å². The van der Waals surface area contributed by atoms with E-state index in [-0.39, 0.29) is 24.8 Å². The van der Waals surface area contributed by atoms with Crippen LogP contribution in [0.5, 0.6) is 0 Å². The van der Waals surface area contributed by atoms with E-state index in [0.29, 0.717) is 36.1 Å². The van der Waals surface area contributed by atoms with Crippen LogP contribution in [0.25, 0.3) is 0 Å². The summed E-state index contributed by atoms with van der Waals surface area (Å²) >= 11 is 27.5. The molecule has 0 spiro atoms. The van der Waals surface area contributed by atoms with Crippen molar-refractivity contribution in [3.05, 3.63) is 86.6 Å². The van der Waals surface area contributed by atoms with Gasteiger partial charge in [-0.3, -0.25) is 4.98 Å². The molecule has 0 aliphatic heterocycles. The van der Waals surface area contributed by atoms with Crippen LogP contribution in [0.2, 0.25) is 20.1 Å². The minimum Gasteiger partial charge on any atom is -1.00 e. The molecule has 3 aromatic rings. The van der Waals surface area contributed by atoms with Crippen molar-refractivity contribution in [1.29, 1.82) is 0 Å². The summed E-state index contributed by atoms with van der Waals surface area (Å²) in [6, 6.07) is 14.4. The third-order valence-corrected chi connectivity index (χ3v) is 4.84. The second kappa shape index (κ2) is 15.1. The summed E-state index contributed by atoms with van der Waals surface area (Å²) in [5, 5.41) is 2.18. The van der Waals surface area contributed by atoms with Crippen LogP contribution in [0.1, 0.15) is 19.4 Å². The molecule has 31 heavy (non-hydrogen) atoms. The topological polar surface area (TPSA) is 37.6 Å². The van der Waals surface area contributed by atoms with Gasteiger partial charge in [0.2, 0.25) is 0 Å². The monoisotopic (exact) mass is 576 g/mol. The van der Waals surface area contributed by atoms with Crippen molar-refractivity contribution in [2.45, 2.75) is 13.8 Å². The first-order chi connectivity index (χ1) is 13.8. The molecule has 0 fully saturated rings. The molecule has 0 unspecified atom stereocenters. The molecule has 1 aromatic heterocycles. The van der Waals surface area contributed by atoms with Crippen LogP contribution in [0.3, 0.4) is 0 Å². The van der Waals surface area contributed by atoms with Gasteiger partial charge in [-0.2, -0.15) is 0 Å². The van der Waals surface area contributed by atoms with Crippen LogP contribution in [0.15, 0.2) is 70.9 Å². The van der Waals surface area contributed by atoms with Gasteiger partial charge in [0.15, 0.2) is 0 Å². The van der Waals surface area contributed by atoms with Gasteiger partial charge in [-0.05, 0) is 25.1 Å². The predicted octanol–water partition coefficient (Wildman–Crippen LogP) is 2.13.